The van der Waals surface area contributed by atoms with Crippen LogP contribution < -0.4 is 15.8 Å². The Bertz CT molecular complexity index is 434. The van der Waals surface area contributed by atoms with Gasteiger partial charge in [0.25, 0.3) is 0 Å². The number of hydrogen-bond acceptors (Lipinski definition) is 4. The number of hydrogen-bond donors (Lipinski definition) is 3. The van der Waals surface area contributed by atoms with E-state index in [1.807, 2.05) is 32.0 Å². The Balaban J connectivity index is 1.92. The van der Waals surface area contributed by atoms with E-state index in [4.69, 9.17) is 10.5 Å². The van der Waals surface area contributed by atoms with Gasteiger partial charge in [0.1, 0.15) is 5.75 Å². The fraction of sp³-hybridized carbons (Fsp3) is 0.625. The van der Waals surface area contributed by atoms with E-state index in [0.29, 0.717) is 11.6 Å². The van der Waals surface area contributed by atoms with E-state index in [9.17, 15) is 5.11 Å². The normalized spacial score (nSPS) is 22.8. The highest BCUT2D eigenvalue weighted by Gasteiger charge is 2.19. The SMILES string of the molecule is CC(C)Oc1cc(NCC2CCCC(O)C2)ccc1N. The van der Waals surface area contributed by atoms with Crippen molar-refractivity contribution in [3.8, 4) is 5.75 Å². The van der Waals surface area contributed by atoms with E-state index in [1.54, 1.807) is 0 Å². The molecule has 20 heavy (non-hydrogen) atoms. The number of anilines is 2. The van der Waals surface area contributed by atoms with Crippen LogP contribution in [0, 0.1) is 5.92 Å². The van der Waals surface area contributed by atoms with Gasteiger partial charge in [0.2, 0.25) is 0 Å². The van der Waals surface area contributed by atoms with Crippen molar-refractivity contribution in [2.75, 3.05) is 17.6 Å². The zero-order valence-corrected chi connectivity index (χ0v) is 12.4. The molecular formula is C16H26N2O2. The second-order valence-corrected chi connectivity index (χ2v) is 5.99. The van der Waals surface area contributed by atoms with Gasteiger partial charge in [-0.3, -0.25) is 0 Å². The molecule has 1 aliphatic carbocycles. The molecule has 0 bridgehead atoms. The fourth-order valence-corrected chi connectivity index (χ4v) is 2.71. The Kier molecular flexibility index (Phi) is 5.12. The summed E-state index contributed by atoms with van der Waals surface area (Å²) in [6, 6.07) is 5.80. The summed E-state index contributed by atoms with van der Waals surface area (Å²) in [6.45, 7) is 4.87. The minimum atomic E-state index is -0.123. The first-order valence-electron chi connectivity index (χ1n) is 7.52. The maximum Gasteiger partial charge on any atom is 0.144 e. The molecule has 0 aliphatic heterocycles. The maximum atomic E-state index is 9.69. The monoisotopic (exact) mass is 278 g/mol. The van der Waals surface area contributed by atoms with E-state index in [0.717, 1.165) is 37.2 Å². The number of benzene rings is 1. The number of nitrogens with two attached hydrogens (primary N) is 1. The van der Waals surface area contributed by atoms with Crippen LogP contribution >= 0.6 is 0 Å². The third-order valence-electron chi connectivity index (χ3n) is 3.73. The van der Waals surface area contributed by atoms with Crippen LogP contribution in [0.2, 0.25) is 0 Å². The van der Waals surface area contributed by atoms with Crippen molar-refractivity contribution >= 4 is 11.4 Å². The predicted octanol–water partition coefficient (Wildman–Crippen LogP) is 3.02. The Hall–Kier alpha value is -1.42. The lowest BCUT2D eigenvalue weighted by Crippen LogP contribution is -2.25. The van der Waals surface area contributed by atoms with Gasteiger partial charge >= 0.3 is 0 Å². The van der Waals surface area contributed by atoms with Crippen molar-refractivity contribution < 1.29 is 9.84 Å². The molecule has 1 aromatic carbocycles. The highest BCUT2D eigenvalue weighted by Crippen LogP contribution is 2.28. The molecule has 0 radical (unpaired) electrons. The number of aliphatic hydroxyl groups is 1. The molecule has 1 fully saturated rings. The second-order valence-electron chi connectivity index (χ2n) is 5.99. The molecule has 2 rings (SSSR count). The van der Waals surface area contributed by atoms with Crippen LogP contribution in [0.25, 0.3) is 0 Å². The number of nitrogen functional groups attached to an aromatic ring is 1. The van der Waals surface area contributed by atoms with Gasteiger partial charge in [-0.05, 0) is 51.2 Å². The molecule has 4 N–H and O–H groups in total. The highest BCUT2D eigenvalue weighted by atomic mass is 16.5. The van der Waals surface area contributed by atoms with Gasteiger partial charge in [0.05, 0.1) is 17.9 Å². The first-order chi connectivity index (χ1) is 9.54. The van der Waals surface area contributed by atoms with Crippen LogP contribution in [-0.2, 0) is 0 Å². The van der Waals surface area contributed by atoms with Gasteiger partial charge in [-0.15, -0.1) is 0 Å². The molecule has 1 aliphatic rings. The number of ether oxygens (including phenoxy) is 1. The lowest BCUT2D eigenvalue weighted by atomic mass is 9.87. The summed E-state index contributed by atoms with van der Waals surface area (Å²) < 4.78 is 5.69. The van der Waals surface area contributed by atoms with Gasteiger partial charge in [0.15, 0.2) is 0 Å². The van der Waals surface area contributed by atoms with Crippen molar-refractivity contribution in [3.05, 3.63) is 18.2 Å². The Morgan fingerprint density at radius 2 is 2.20 bits per heavy atom. The van der Waals surface area contributed by atoms with Crippen molar-refractivity contribution in [1.82, 2.24) is 0 Å². The number of nitrogens with one attached hydrogen (secondary N) is 1. The Morgan fingerprint density at radius 1 is 1.40 bits per heavy atom. The Labute approximate surface area is 121 Å². The van der Waals surface area contributed by atoms with E-state index in [2.05, 4.69) is 5.32 Å². The largest absolute Gasteiger partial charge is 0.489 e. The third kappa shape index (κ3) is 4.30. The second kappa shape index (κ2) is 6.84. The molecule has 0 amide bonds. The minimum Gasteiger partial charge on any atom is -0.489 e. The molecule has 4 nitrogen and oxygen atoms in total. The molecule has 0 spiro atoms. The van der Waals surface area contributed by atoms with Crippen molar-refractivity contribution in [3.63, 3.8) is 0 Å². The predicted molar refractivity (Wildman–Crippen MR) is 83.1 cm³/mol. The molecule has 1 aromatic rings. The average molecular weight is 278 g/mol. The van der Waals surface area contributed by atoms with Crippen molar-refractivity contribution in [2.45, 2.75) is 51.7 Å². The summed E-state index contributed by atoms with van der Waals surface area (Å²) in [4.78, 5) is 0. The first-order valence-corrected chi connectivity index (χ1v) is 7.52. The topological polar surface area (TPSA) is 67.5 Å². The van der Waals surface area contributed by atoms with Crippen LogP contribution in [0.4, 0.5) is 11.4 Å². The molecule has 2 unspecified atom stereocenters. The van der Waals surface area contributed by atoms with Gasteiger partial charge in [-0.2, -0.15) is 0 Å². The van der Waals surface area contributed by atoms with Gasteiger partial charge < -0.3 is 20.9 Å². The van der Waals surface area contributed by atoms with Crippen molar-refractivity contribution in [1.29, 1.82) is 0 Å². The summed E-state index contributed by atoms with van der Waals surface area (Å²) in [5, 5.41) is 13.1. The van der Waals surface area contributed by atoms with E-state index < -0.39 is 0 Å². The summed E-state index contributed by atoms with van der Waals surface area (Å²) in [6.07, 6.45) is 4.15. The molecule has 4 heteroatoms. The zero-order valence-electron chi connectivity index (χ0n) is 12.4. The average Bonchev–Trinajstić information content (AvgIpc) is 2.39. The third-order valence-corrected chi connectivity index (χ3v) is 3.73. The number of aliphatic hydroxyl groups excluding tert-OH is 1. The molecule has 0 heterocycles. The van der Waals surface area contributed by atoms with Crippen LogP contribution in [0.1, 0.15) is 39.5 Å². The van der Waals surface area contributed by atoms with Crippen molar-refractivity contribution in [2.24, 2.45) is 5.92 Å². The van der Waals surface area contributed by atoms with Crippen LogP contribution in [0.5, 0.6) is 5.75 Å². The van der Waals surface area contributed by atoms with E-state index in [-0.39, 0.29) is 12.2 Å². The standard InChI is InChI=1S/C16H26N2O2/c1-11(2)20-16-9-13(6-7-15(16)17)18-10-12-4-3-5-14(19)8-12/h6-7,9,11-12,14,18-19H,3-5,8,10,17H2,1-2H3. The minimum absolute atomic E-state index is 0.112. The van der Waals surface area contributed by atoms with Crippen LogP contribution in [0.15, 0.2) is 18.2 Å². The molecule has 2 atom stereocenters. The molecular weight excluding hydrogens is 252 g/mol. The molecule has 112 valence electrons. The summed E-state index contributed by atoms with van der Waals surface area (Å²) >= 11 is 0. The lowest BCUT2D eigenvalue weighted by molar-refractivity contribution is 0.105. The Morgan fingerprint density at radius 3 is 2.90 bits per heavy atom. The summed E-state index contributed by atoms with van der Waals surface area (Å²) in [5.74, 6) is 1.28. The molecule has 1 saturated carbocycles. The van der Waals surface area contributed by atoms with E-state index >= 15 is 0 Å². The maximum absolute atomic E-state index is 9.69. The molecule has 0 saturated heterocycles. The molecule has 0 aromatic heterocycles. The highest BCUT2D eigenvalue weighted by molar-refractivity contribution is 5.61. The quantitative estimate of drug-likeness (QED) is 0.724. The van der Waals surface area contributed by atoms with Gasteiger partial charge in [0, 0.05) is 18.3 Å². The van der Waals surface area contributed by atoms with Gasteiger partial charge in [-0.25, -0.2) is 0 Å². The zero-order chi connectivity index (χ0) is 14.5. The van der Waals surface area contributed by atoms with E-state index in [1.165, 1.54) is 6.42 Å². The van der Waals surface area contributed by atoms with Crippen LogP contribution in [0.3, 0.4) is 0 Å². The summed E-state index contributed by atoms with van der Waals surface area (Å²) in [5.41, 5.74) is 7.60. The van der Waals surface area contributed by atoms with Gasteiger partial charge in [-0.1, -0.05) is 6.42 Å². The fourth-order valence-electron chi connectivity index (χ4n) is 2.71. The lowest BCUT2D eigenvalue weighted by Gasteiger charge is -2.26. The number of rotatable bonds is 5. The smallest absolute Gasteiger partial charge is 0.144 e. The summed E-state index contributed by atoms with van der Waals surface area (Å²) in [7, 11) is 0. The first kappa shape index (κ1) is 15.0. The van der Waals surface area contributed by atoms with Crippen LogP contribution in [-0.4, -0.2) is 23.9 Å².